The third-order valence-corrected chi connectivity index (χ3v) is 6.16. The molecule has 4 nitrogen and oxygen atoms in total. The predicted octanol–water partition coefficient (Wildman–Crippen LogP) is 3.00. The van der Waals surface area contributed by atoms with Crippen LogP contribution in [0.1, 0.15) is 50.5 Å². The first-order valence-corrected chi connectivity index (χ1v) is 10.00. The number of nitrogens with zero attached hydrogens (tertiary/aromatic N) is 2. The molecular formula is C21H35N3O. The summed E-state index contributed by atoms with van der Waals surface area (Å²) >= 11 is 0. The Morgan fingerprint density at radius 1 is 1.16 bits per heavy atom. The predicted molar refractivity (Wildman–Crippen MR) is 105 cm³/mol. The fraction of sp³-hybridized carbons (Fsp3) is 0.714. The third-order valence-electron chi connectivity index (χ3n) is 6.16. The topological polar surface area (TPSA) is 38.7 Å². The van der Waals surface area contributed by atoms with E-state index in [9.17, 15) is 5.11 Å². The number of benzene rings is 1. The van der Waals surface area contributed by atoms with Crippen LogP contribution < -0.4 is 10.2 Å². The Morgan fingerprint density at radius 3 is 2.56 bits per heavy atom. The lowest BCUT2D eigenvalue weighted by atomic mass is 9.85. The van der Waals surface area contributed by atoms with Crippen molar-refractivity contribution in [2.24, 2.45) is 0 Å². The molecule has 0 aromatic heterocycles. The van der Waals surface area contributed by atoms with E-state index in [-0.39, 0.29) is 0 Å². The van der Waals surface area contributed by atoms with E-state index in [0.29, 0.717) is 12.6 Å². The molecule has 0 bridgehead atoms. The molecule has 2 fully saturated rings. The van der Waals surface area contributed by atoms with Crippen LogP contribution in [0.4, 0.5) is 5.69 Å². The largest absolute Gasteiger partial charge is 0.389 e. The highest BCUT2D eigenvalue weighted by molar-refractivity contribution is 5.54. The normalized spacial score (nSPS) is 22.0. The van der Waals surface area contributed by atoms with Gasteiger partial charge in [0.15, 0.2) is 0 Å². The molecule has 1 aliphatic heterocycles. The molecule has 0 radical (unpaired) electrons. The average Bonchev–Trinajstić information content (AvgIpc) is 2.63. The Hall–Kier alpha value is -1.10. The molecule has 0 spiro atoms. The number of anilines is 1. The van der Waals surface area contributed by atoms with E-state index < -0.39 is 5.60 Å². The number of hydrogen-bond donors (Lipinski definition) is 2. The van der Waals surface area contributed by atoms with Crippen molar-refractivity contribution in [2.75, 3.05) is 38.6 Å². The van der Waals surface area contributed by atoms with Crippen LogP contribution in [0.25, 0.3) is 0 Å². The summed E-state index contributed by atoms with van der Waals surface area (Å²) in [5.74, 6) is 0. The monoisotopic (exact) mass is 345 g/mol. The molecule has 0 unspecified atom stereocenters. The van der Waals surface area contributed by atoms with Crippen molar-refractivity contribution in [3.8, 4) is 0 Å². The van der Waals surface area contributed by atoms with E-state index in [1.54, 1.807) is 0 Å². The minimum atomic E-state index is -0.493. The number of aliphatic hydroxyl groups is 1. The molecule has 2 N–H and O–H groups in total. The van der Waals surface area contributed by atoms with E-state index in [1.165, 1.54) is 43.6 Å². The van der Waals surface area contributed by atoms with Crippen LogP contribution in [0.3, 0.4) is 0 Å². The van der Waals surface area contributed by atoms with E-state index in [2.05, 4.69) is 53.5 Å². The van der Waals surface area contributed by atoms with Gasteiger partial charge in [0.2, 0.25) is 0 Å². The summed E-state index contributed by atoms with van der Waals surface area (Å²) in [4.78, 5) is 4.89. The van der Waals surface area contributed by atoms with E-state index in [0.717, 1.165) is 32.2 Å². The van der Waals surface area contributed by atoms with Crippen molar-refractivity contribution in [3.63, 3.8) is 0 Å². The molecule has 1 aromatic rings. The molecule has 1 saturated heterocycles. The second kappa shape index (κ2) is 8.52. The van der Waals surface area contributed by atoms with Gasteiger partial charge in [-0.15, -0.1) is 0 Å². The van der Waals surface area contributed by atoms with E-state index in [1.807, 2.05) is 0 Å². The van der Waals surface area contributed by atoms with Crippen LogP contribution in [0.15, 0.2) is 24.3 Å². The Morgan fingerprint density at radius 2 is 1.84 bits per heavy atom. The summed E-state index contributed by atoms with van der Waals surface area (Å²) in [7, 11) is 4.45. The summed E-state index contributed by atoms with van der Waals surface area (Å²) in [5, 5.41) is 14.2. The van der Waals surface area contributed by atoms with E-state index in [4.69, 9.17) is 0 Å². The van der Waals surface area contributed by atoms with Crippen molar-refractivity contribution in [1.82, 2.24) is 10.2 Å². The molecule has 4 heteroatoms. The first-order valence-electron chi connectivity index (χ1n) is 10.00. The van der Waals surface area contributed by atoms with Crippen molar-refractivity contribution in [3.05, 3.63) is 29.8 Å². The van der Waals surface area contributed by atoms with Crippen LogP contribution in [0.2, 0.25) is 0 Å². The van der Waals surface area contributed by atoms with Crippen LogP contribution >= 0.6 is 0 Å². The fourth-order valence-corrected chi connectivity index (χ4v) is 4.40. The maximum absolute atomic E-state index is 10.7. The first-order chi connectivity index (χ1) is 12.1. The highest BCUT2D eigenvalue weighted by atomic mass is 16.3. The van der Waals surface area contributed by atoms with Crippen LogP contribution in [0, 0.1) is 0 Å². The highest BCUT2D eigenvalue weighted by Gasteiger charge is 2.28. The van der Waals surface area contributed by atoms with Gasteiger partial charge in [0, 0.05) is 31.9 Å². The van der Waals surface area contributed by atoms with Gasteiger partial charge in [-0.1, -0.05) is 37.5 Å². The molecule has 1 aliphatic carbocycles. The van der Waals surface area contributed by atoms with Gasteiger partial charge in [0.1, 0.15) is 0 Å². The zero-order valence-electron chi connectivity index (χ0n) is 16.0. The summed E-state index contributed by atoms with van der Waals surface area (Å²) in [6, 6.07) is 9.35. The quantitative estimate of drug-likeness (QED) is 0.831. The second-order valence-electron chi connectivity index (χ2n) is 8.16. The summed E-state index contributed by atoms with van der Waals surface area (Å²) in [6.45, 7) is 3.90. The molecule has 3 rings (SSSR count). The fourth-order valence-electron chi connectivity index (χ4n) is 4.40. The minimum Gasteiger partial charge on any atom is -0.389 e. The number of para-hydroxylation sites is 1. The average molecular weight is 346 g/mol. The molecule has 140 valence electrons. The molecule has 0 amide bonds. The van der Waals surface area contributed by atoms with Gasteiger partial charge in [0.25, 0.3) is 0 Å². The van der Waals surface area contributed by atoms with Crippen LogP contribution in [-0.2, 0) is 6.54 Å². The highest BCUT2D eigenvalue weighted by Crippen LogP contribution is 2.28. The van der Waals surface area contributed by atoms with Gasteiger partial charge in [-0.2, -0.15) is 0 Å². The van der Waals surface area contributed by atoms with Crippen LogP contribution in [-0.4, -0.2) is 55.4 Å². The lowest BCUT2D eigenvalue weighted by Crippen LogP contribution is -2.43. The van der Waals surface area contributed by atoms with Crippen molar-refractivity contribution >= 4 is 5.69 Å². The smallest absolute Gasteiger partial charge is 0.0771 e. The maximum Gasteiger partial charge on any atom is 0.0771 e. The molecule has 1 saturated carbocycles. The number of nitrogens with one attached hydrogen (secondary N) is 1. The Balaban J connectivity index is 1.58. The van der Waals surface area contributed by atoms with Gasteiger partial charge < -0.3 is 20.2 Å². The van der Waals surface area contributed by atoms with Crippen molar-refractivity contribution < 1.29 is 5.11 Å². The summed E-state index contributed by atoms with van der Waals surface area (Å²) in [6.07, 6.45) is 7.94. The zero-order valence-corrected chi connectivity index (χ0v) is 16.0. The molecular weight excluding hydrogens is 310 g/mol. The number of hydrogen-bond acceptors (Lipinski definition) is 4. The Kier molecular flexibility index (Phi) is 6.37. The number of likely N-dealkylation sites (tertiary alicyclic amines) is 1. The SMILES string of the molecule is CN1CCC(N(C)c2ccccc2CNCC2(O)CCCCC2)CC1. The minimum absolute atomic E-state index is 0.493. The zero-order chi connectivity index (χ0) is 17.7. The van der Waals surface area contributed by atoms with Gasteiger partial charge in [-0.3, -0.25) is 0 Å². The third kappa shape index (κ3) is 4.96. The lowest BCUT2D eigenvalue weighted by Gasteiger charge is -2.37. The van der Waals surface area contributed by atoms with Gasteiger partial charge in [0.05, 0.1) is 5.60 Å². The standard InChI is InChI=1S/C21H35N3O/c1-23-14-10-19(11-15-23)24(2)20-9-5-4-8-18(20)16-22-17-21(25)12-6-3-7-13-21/h4-5,8-9,19,22,25H,3,6-7,10-17H2,1-2H3. The van der Waals surface area contributed by atoms with E-state index >= 15 is 0 Å². The number of piperidine rings is 1. The van der Waals surface area contributed by atoms with Crippen LogP contribution in [0.5, 0.6) is 0 Å². The first kappa shape index (κ1) is 18.7. The molecule has 25 heavy (non-hydrogen) atoms. The van der Waals surface area contributed by atoms with Gasteiger partial charge >= 0.3 is 0 Å². The summed E-state index contributed by atoms with van der Waals surface area (Å²) in [5.41, 5.74) is 2.18. The maximum atomic E-state index is 10.7. The lowest BCUT2D eigenvalue weighted by molar-refractivity contribution is 0.00468. The second-order valence-corrected chi connectivity index (χ2v) is 8.16. The van der Waals surface area contributed by atoms with Crippen molar-refractivity contribution in [1.29, 1.82) is 0 Å². The molecule has 1 heterocycles. The number of rotatable bonds is 6. The molecule has 0 atom stereocenters. The molecule has 2 aliphatic rings. The van der Waals surface area contributed by atoms with Crippen molar-refractivity contribution in [2.45, 2.75) is 63.1 Å². The summed E-state index contributed by atoms with van der Waals surface area (Å²) < 4.78 is 0. The van der Waals surface area contributed by atoms with Gasteiger partial charge in [-0.25, -0.2) is 0 Å². The Labute approximate surface area is 153 Å². The Bertz CT molecular complexity index is 534. The molecule has 1 aromatic carbocycles. The van der Waals surface area contributed by atoms with Gasteiger partial charge in [-0.05, 0) is 57.5 Å².